The highest BCUT2D eigenvalue weighted by Gasteiger charge is 2.40. The molecule has 6 heteroatoms. The van der Waals surface area contributed by atoms with Gasteiger partial charge in [-0.15, -0.1) is 11.3 Å². The summed E-state index contributed by atoms with van der Waals surface area (Å²) in [5, 5.41) is 32.9. The fourth-order valence-electron chi connectivity index (χ4n) is 4.96. The summed E-state index contributed by atoms with van der Waals surface area (Å²) in [7, 11) is 0. The van der Waals surface area contributed by atoms with Crippen LogP contribution in [0.4, 0.5) is 0 Å². The van der Waals surface area contributed by atoms with Crippen LogP contribution in [0.5, 0.6) is 0 Å². The van der Waals surface area contributed by atoms with Crippen molar-refractivity contribution in [2.45, 2.75) is 96.1 Å². The fraction of sp³-hybridized carbons (Fsp3) is 0.654. The zero-order valence-corrected chi connectivity index (χ0v) is 20.1. The molecular weight excluding hydrogens is 424 g/mol. The number of esters is 1. The van der Waals surface area contributed by atoms with E-state index in [-0.39, 0.29) is 23.9 Å². The van der Waals surface area contributed by atoms with Crippen molar-refractivity contribution >= 4 is 27.4 Å². The number of thiophene rings is 1. The predicted molar refractivity (Wildman–Crippen MR) is 129 cm³/mol. The van der Waals surface area contributed by atoms with Crippen LogP contribution in [0.25, 0.3) is 10.1 Å². The van der Waals surface area contributed by atoms with Gasteiger partial charge in [0, 0.05) is 16.0 Å². The Hall–Kier alpha value is -1.47. The molecular formula is C26H38O5S. The van der Waals surface area contributed by atoms with Gasteiger partial charge < -0.3 is 20.1 Å². The maximum Gasteiger partial charge on any atom is 0.306 e. The Labute approximate surface area is 195 Å². The van der Waals surface area contributed by atoms with Crippen LogP contribution in [0.2, 0.25) is 0 Å². The second-order valence-electron chi connectivity index (χ2n) is 9.47. The van der Waals surface area contributed by atoms with Crippen LogP contribution in [0.3, 0.4) is 0 Å². The number of hydrogen-bond donors (Lipinski definition) is 3. The monoisotopic (exact) mass is 462 g/mol. The Kier molecular flexibility index (Phi) is 9.53. The number of carbonyl (C=O) groups is 1. The summed E-state index contributed by atoms with van der Waals surface area (Å²) >= 11 is 1.62. The van der Waals surface area contributed by atoms with E-state index in [1.165, 1.54) is 4.70 Å². The highest BCUT2D eigenvalue weighted by Crippen LogP contribution is 2.41. The van der Waals surface area contributed by atoms with Gasteiger partial charge in [-0.05, 0) is 75.3 Å². The summed E-state index contributed by atoms with van der Waals surface area (Å²) in [6, 6.07) is 10.2. The van der Waals surface area contributed by atoms with Crippen molar-refractivity contribution in [1.82, 2.24) is 0 Å². The summed E-state index contributed by atoms with van der Waals surface area (Å²) < 4.78 is 6.33. The van der Waals surface area contributed by atoms with Crippen molar-refractivity contribution in [1.29, 1.82) is 0 Å². The first-order chi connectivity index (χ1) is 15.3. The van der Waals surface area contributed by atoms with Gasteiger partial charge in [0.05, 0.1) is 24.4 Å². The summed E-state index contributed by atoms with van der Waals surface area (Å²) in [6.07, 6.45) is 5.25. The first-order valence-corrected chi connectivity index (χ1v) is 12.9. The lowest BCUT2D eigenvalue weighted by Gasteiger charge is -2.24. The third kappa shape index (κ3) is 7.01. The molecule has 0 spiro atoms. The second-order valence-corrected chi connectivity index (χ2v) is 10.6. The van der Waals surface area contributed by atoms with Crippen LogP contribution >= 0.6 is 11.3 Å². The quantitative estimate of drug-likeness (QED) is 0.292. The van der Waals surface area contributed by atoms with E-state index in [1.54, 1.807) is 11.3 Å². The summed E-state index contributed by atoms with van der Waals surface area (Å²) in [6.45, 7) is 3.72. The number of ether oxygens (including phenoxy) is 1. The van der Waals surface area contributed by atoms with Crippen LogP contribution in [0, 0.1) is 11.8 Å². The highest BCUT2D eigenvalue weighted by atomic mass is 32.1. The zero-order chi connectivity index (χ0) is 23.1. The van der Waals surface area contributed by atoms with Gasteiger partial charge in [-0.25, -0.2) is 0 Å². The minimum absolute atomic E-state index is 0.0232. The molecule has 1 aliphatic carbocycles. The number of unbranched alkanes of at least 4 members (excludes halogenated alkanes) is 3. The molecule has 3 rings (SSSR count). The van der Waals surface area contributed by atoms with Crippen LogP contribution in [-0.4, -0.2) is 39.6 Å². The summed E-state index contributed by atoms with van der Waals surface area (Å²) in [4.78, 5) is 12.6. The SMILES string of the molecule is CC(C)OC(=O)CCCCCCC1C(O)CC(O)C1CCC(O)c1cc2ccccc2s1. The van der Waals surface area contributed by atoms with Crippen molar-refractivity contribution in [2.75, 3.05) is 0 Å². The Morgan fingerprint density at radius 3 is 2.47 bits per heavy atom. The Morgan fingerprint density at radius 1 is 1.06 bits per heavy atom. The van der Waals surface area contributed by atoms with Crippen LogP contribution in [-0.2, 0) is 9.53 Å². The lowest BCUT2D eigenvalue weighted by Crippen LogP contribution is -2.23. The smallest absolute Gasteiger partial charge is 0.306 e. The van der Waals surface area contributed by atoms with Crippen molar-refractivity contribution < 1.29 is 24.9 Å². The molecule has 178 valence electrons. The number of rotatable bonds is 12. The maximum absolute atomic E-state index is 11.6. The number of benzene rings is 1. The molecule has 0 aliphatic heterocycles. The standard InChI is InChI=1S/C26H38O5S/c1-17(2)31-26(30)12-6-4-3-5-10-19-20(23(29)16-22(19)28)13-14-21(27)25-15-18-9-7-8-11-24(18)32-25/h7-9,11,15,17,19-23,27-29H,3-6,10,12-14,16H2,1-2H3. The van der Waals surface area contributed by atoms with Gasteiger partial charge in [0.2, 0.25) is 0 Å². The van der Waals surface area contributed by atoms with E-state index in [1.807, 2.05) is 26.0 Å². The molecule has 0 bridgehead atoms. The average Bonchev–Trinajstić information content (AvgIpc) is 3.29. The maximum atomic E-state index is 11.6. The zero-order valence-electron chi connectivity index (χ0n) is 19.3. The van der Waals surface area contributed by atoms with E-state index in [0.29, 0.717) is 25.7 Å². The molecule has 3 N–H and O–H groups in total. The van der Waals surface area contributed by atoms with E-state index < -0.39 is 18.3 Å². The molecule has 1 aliphatic rings. The number of hydrogen-bond acceptors (Lipinski definition) is 6. The molecule has 5 atom stereocenters. The number of carbonyl (C=O) groups excluding carboxylic acids is 1. The highest BCUT2D eigenvalue weighted by molar-refractivity contribution is 7.19. The molecule has 1 aromatic carbocycles. The van der Waals surface area contributed by atoms with E-state index in [4.69, 9.17) is 4.74 Å². The lowest BCUT2D eigenvalue weighted by molar-refractivity contribution is -0.147. The normalized spacial score (nSPS) is 24.3. The summed E-state index contributed by atoms with van der Waals surface area (Å²) in [5.74, 6) is -0.0350. The first kappa shape index (κ1) is 25.2. The molecule has 0 amide bonds. The van der Waals surface area contributed by atoms with Gasteiger partial charge in [-0.2, -0.15) is 0 Å². The van der Waals surface area contributed by atoms with E-state index >= 15 is 0 Å². The molecule has 2 aromatic rings. The van der Waals surface area contributed by atoms with Gasteiger partial charge >= 0.3 is 5.97 Å². The van der Waals surface area contributed by atoms with E-state index in [0.717, 1.165) is 42.4 Å². The Bertz CT molecular complexity index is 815. The third-order valence-electron chi connectivity index (χ3n) is 6.60. The van der Waals surface area contributed by atoms with Crippen LogP contribution in [0.1, 0.15) is 82.6 Å². The number of aliphatic hydroxyl groups excluding tert-OH is 3. The van der Waals surface area contributed by atoms with Gasteiger partial charge in [-0.1, -0.05) is 37.5 Å². The number of fused-ring (bicyclic) bond motifs is 1. The molecule has 1 heterocycles. The molecule has 0 saturated heterocycles. The van der Waals surface area contributed by atoms with Gasteiger partial charge in [0.1, 0.15) is 0 Å². The third-order valence-corrected chi connectivity index (χ3v) is 7.82. The fourth-order valence-corrected chi connectivity index (χ4v) is 6.05. The van der Waals surface area contributed by atoms with Crippen molar-refractivity contribution in [2.24, 2.45) is 11.8 Å². The van der Waals surface area contributed by atoms with Crippen LogP contribution in [0.15, 0.2) is 30.3 Å². The van der Waals surface area contributed by atoms with Crippen LogP contribution < -0.4 is 0 Å². The molecule has 0 radical (unpaired) electrons. The molecule has 1 saturated carbocycles. The molecule has 5 nitrogen and oxygen atoms in total. The van der Waals surface area contributed by atoms with Crippen molar-refractivity contribution in [3.63, 3.8) is 0 Å². The van der Waals surface area contributed by atoms with Crippen molar-refractivity contribution in [3.8, 4) is 0 Å². The second kappa shape index (κ2) is 12.1. The minimum Gasteiger partial charge on any atom is -0.463 e. The predicted octanol–water partition coefficient (Wildman–Crippen LogP) is 5.37. The molecule has 1 aromatic heterocycles. The van der Waals surface area contributed by atoms with Gasteiger partial charge in [-0.3, -0.25) is 4.79 Å². The van der Waals surface area contributed by atoms with Gasteiger partial charge in [0.15, 0.2) is 0 Å². The lowest BCUT2D eigenvalue weighted by atomic mass is 9.84. The van der Waals surface area contributed by atoms with E-state index in [2.05, 4.69) is 18.2 Å². The Balaban J connectivity index is 1.42. The topological polar surface area (TPSA) is 87.0 Å². The first-order valence-electron chi connectivity index (χ1n) is 12.1. The largest absolute Gasteiger partial charge is 0.463 e. The average molecular weight is 463 g/mol. The molecule has 32 heavy (non-hydrogen) atoms. The van der Waals surface area contributed by atoms with Crippen molar-refractivity contribution in [3.05, 3.63) is 35.2 Å². The molecule has 5 unspecified atom stereocenters. The Morgan fingerprint density at radius 2 is 1.75 bits per heavy atom. The number of aliphatic hydroxyl groups is 3. The minimum atomic E-state index is -0.538. The molecule has 1 fully saturated rings. The summed E-state index contributed by atoms with van der Waals surface area (Å²) in [5.41, 5.74) is 0. The van der Waals surface area contributed by atoms with Gasteiger partial charge in [0.25, 0.3) is 0 Å². The van der Waals surface area contributed by atoms with E-state index in [9.17, 15) is 20.1 Å².